The van der Waals surface area contributed by atoms with Gasteiger partial charge in [-0.25, -0.2) is 0 Å². The van der Waals surface area contributed by atoms with Crippen LogP contribution in [-0.2, 0) is 25.9 Å². The zero-order valence-electron chi connectivity index (χ0n) is 17.3. The van der Waals surface area contributed by atoms with Crippen molar-refractivity contribution < 1.29 is 9.53 Å². The number of rotatable bonds is 6. The molecule has 0 radical (unpaired) electrons. The number of aromatic nitrogens is 2. The first-order chi connectivity index (χ1) is 14.2. The third-order valence-electron chi connectivity index (χ3n) is 5.88. The third-order valence-corrected chi connectivity index (χ3v) is 6.82. The molecule has 1 fully saturated rings. The van der Waals surface area contributed by atoms with Crippen LogP contribution in [0.3, 0.4) is 0 Å². The average molecular weight is 415 g/mol. The van der Waals surface area contributed by atoms with Gasteiger partial charge in [-0.1, -0.05) is 12.1 Å². The Labute approximate surface area is 177 Å². The Morgan fingerprint density at radius 2 is 2.17 bits per heavy atom. The fraction of sp³-hybridized carbons (Fsp3) is 0.545. The molecule has 0 saturated carbocycles. The summed E-state index contributed by atoms with van der Waals surface area (Å²) in [6.45, 7) is 5.37. The van der Waals surface area contributed by atoms with Crippen LogP contribution < -0.4 is 10.1 Å². The number of hydrogen-bond donors (Lipinski definition) is 1. The predicted octanol–water partition coefficient (Wildman–Crippen LogP) is 2.75. The summed E-state index contributed by atoms with van der Waals surface area (Å²) >= 11 is 1.92. The van der Waals surface area contributed by atoms with E-state index in [-0.39, 0.29) is 5.91 Å². The summed E-state index contributed by atoms with van der Waals surface area (Å²) in [5, 5.41) is 8.42. The van der Waals surface area contributed by atoms with Crippen LogP contribution in [0.25, 0.3) is 0 Å². The molecule has 4 rings (SSSR count). The van der Waals surface area contributed by atoms with Gasteiger partial charge >= 0.3 is 0 Å². The second-order valence-electron chi connectivity index (χ2n) is 7.67. The van der Waals surface area contributed by atoms with Gasteiger partial charge in [-0.3, -0.25) is 9.48 Å². The number of carbonyl (C=O) groups excluding carboxylic acids is 1. The van der Waals surface area contributed by atoms with Gasteiger partial charge in [-0.15, -0.1) is 0 Å². The van der Waals surface area contributed by atoms with Crippen LogP contribution in [0.5, 0.6) is 5.75 Å². The summed E-state index contributed by atoms with van der Waals surface area (Å²) in [6.07, 6.45) is 2.90. The summed E-state index contributed by atoms with van der Waals surface area (Å²) < 4.78 is 7.37. The van der Waals surface area contributed by atoms with Gasteiger partial charge in [0.2, 0.25) is 0 Å². The van der Waals surface area contributed by atoms with Gasteiger partial charge in [0.05, 0.1) is 7.11 Å². The van der Waals surface area contributed by atoms with Gasteiger partial charge < -0.3 is 15.0 Å². The van der Waals surface area contributed by atoms with Crippen LogP contribution in [0, 0.1) is 0 Å². The summed E-state index contributed by atoms with van der Waals surface area (Å²) in [5.41, 5.74) is 4.30. The quantitative estimate of drug-likeness (QED) is 0.788. The van der Waals surface area contributed by atoms with Crippen LogP contribution in [0.1, 0.15) is 40.7 Å². The van der Waals surface area contributed by atoms with E-state index in [1.807, 2.05) is 33.5 Å². The first kappa shape index (κ1) is 20.3. The molecule has 1 atom stereocenters. The van der Waals surface area contributed by atoms with E-state index in [9.17, 15) is 4.79 Å². The molecule has 1 saturated heterocycles. The fourth-order valence-corrected chi connectivity index (χ4v) is 5.16. The van der Waals surface area contributed by atoms with Crippen LogP contribution in [-0.4, -0.2) is 58.3 Å². The molecule has 2 heterocycles. The van der Waals surface area contributed by atoms with Gasteiger partial charge in [0.15, 0.2) is 5.69 Å². The van der Waals surface area contributed by atoms with Crippen molar-refractivity contribution in [3.05, 3.63) is 46.8 Å². The molecule has 1 aromatic carbocycles. The average Bonchev–Trinajstić information content (AvgIpc) is 3.16. The topological polar surface area (TPSA) is 59.4 Å². The third kappa shape index (κ3) is 4.46. The number of hydrogen-bond acceptors (Lipinski definition) is 5. The number of amides is 1. The molecule has 2 aromatic rings. The number of methoxy groups -OCH3 is 1. The standard InChI is InChI=1S/C22H30N4O2S/c1-3-26-20-8-7-17(23-15-16-5-4-6-18(13-16)28-2)14-19(20)21(24-26)22(27)25-9-11-29-12-10-25/h4-6,13,17,23H,3,7-12,14-15H2,1-2H3. The second-order valence-corrected chi connectivity index (χ2v) is 8.89. The minimum absolute atomic E-state index is 0.113. The first-order valence-electron chi connectivity index (χ1n) is 10.5. The fourth-order valence-electron chi connectivity index (χ4n) is 4.26. The van der Waals surface area contributed by atoms with Gasteiger partial charge in [0, 0.05) is 55.0 Å². The molecule has 0 bridgehead atoms. The molecule has 2 aliphatic rings. The number of benzene rings is 1. The van der Waals surface area contributed by atoms with Crippen molar-refractivity contribution in [3.8, 4) is 5.75 Å². The zero-order valence-corrected chi connectivity index (χ0v) is 18.1. The Morgan fingerprint density at radius 1 is 1.34 bits per heavy atom. The molecule has 1 aliphatic carbocycles. The van der Waals surface area contributed by atoms with Crippen molar-refractivity contribution >= 4 is 17.7 Å². The second kappa shape index (κ2) is 9.22. The number of fused-ring (bicyclic) bond motifs is 1. The lowest BCUT2D eigenvalue weighted by Gasteiger charge is -2.27. The van der Waals surface area contributed by atoms with E-state index in [0.29, 0.717) is 11.7 Å². The minimum atomic E-state index is 0.113. The maximum atomic E-state index is 13.2. The molecule has 7 heteroatoms. The number of ether oxygens (including phenoxy) is 1. The molecule has 1 unspecified atom stereocenters. The summed E-state index contributed by atoms with van der Waals surface area (Å²) in [6, 6.07) is 8.52. The Morgan fingerprint density at radius 3 is 2.93 bits per heavy atom. The molecule has 6 nitrogen and oxygen atoms in total. The highest BCUT2D eigenvalue weighted by atomic mass is 32.2. The van der Waals surface area contributed by atoms with Crippen molar-refractivity contribution in [3.63, 3.8) is 0 Å². The minimum Gasteiger partial charge on any atom is -0.497 e. The Hall–Kier alpha value is -1.99. The number of nitrogens with zero attached hydrogens (tertiary/aromatic N) is 3. The van der Waals surface area contributed by atoms with Gasteiger partial charge in [-0.2, -0.15) is 16.9 Å². The highest BCUT2D eigenvalue weighted by Crippen LogP contribution is 2.27. The Kier molecular flexibility index (Phi) is 6.45. The smallest absolute Gasteiger partial charge is 0.274 e. The normalized spacial score (nSPS) is 19.1. The van der Waals surface area contributed by atoms with E-state index in [1.165, 1.54) is 11.3 Å². The van der Waals surface area contributed by atoms with Crippen molar-refractivity contribution in [1.29, 1.82) is 0 Å². The van der Waals surface area contributed by atoms with E-state index in [0.717, 1.165) is 68.3 Å². The van der Waals surface area contributed by atoms with Crippen LogP contribution in [0.4, 0.5) is 0 Å². The van der Waals surface area contributed by atoms with Crippen molar-refractivity contribution in [2.24, 2.45) is 0 Å². The van der Waals surface area contributed by atoms with Crippen LogP contribution in [0.2, 0.25) is 0 Å². The van der Waals surface area contributed by atoms with Crippen molar-refractivity contribution in [1.82, 2.24) is 20.0 Å². The molecule has 0 spiro atoms. The van der Waals surface area contributed by atoms with E-state index in [2.05, 4.69) is 24.4 Å². The van der Waals surface area contributed by atoms with Crippen LogP contribution >= 0.6 is 11.8 Å². The van der Waals surface area contributed by atoms with Gasteiger partial charge in [-0.05, 0) is 43.9 Å². The maximum Gasteiger partial charge on any atom is 0.274 e. The Balaban J connectivity index is 1.48. The number of thioether (sulfide) groups is 1. The van der Waals surface area contributed by atoms with E-state index in [4.69, 9.17) is 9.84 Å². The molecular formula is C22H30N4O2S. The van der Waals surface area contributed by atoms with Gasteiger partial charge in [0.1, 0.15) is 5.75 Å². The maximum absolute atomic E-state index is 13.2. The predicted molar refractivity (Wildman–Crippen MR) is 117 cm³/mol. The lowest BCUT2D eigenvalue weighted by Crippen LogP contribution is -2.39. The molecule has 1 N–H and O–H groups in total. The molecule has 29 heavy (non-hydrogen) atoms. The first-order valence-corrected chi connectivity index (χ1v) is 11.7. The molecule has 156 valence electrons. The summed E-state index contributed by atoms with van der Waals surface area (Å²) in [4.78, 5) is 15.1. The highest BCUT2D eigenvalue weighted by Gasteiger charge is 2.31. The van der Waals surface area contributed by atoms with E-state index < -0.39 is 0 Å². The van der Waals surface area contributed by atoms with Crippen molar-refractivity contribution in [2.45, 2.75) is 45.3 Å². The lowest BCUT2D eigenvalue weighted by molar-refractivity contribution is 0.0764. The number of aryl methyl sites for hydroxylation is 1. The van der Waals surface area contributed by atoms with Gasteiger partial charge in [0.25, 0.3) is 5.91 Å². The largest absolute Gasteiger partial charge is 0.497 e. The van der Waals surface area contributed by atoms with Crippen LogP contribution in [0.15, 0.2) is 24.3 Å². The van der Waals surface area contributed by atoms with E-state index in [1.54, 1.807) is 7.11 Å². The zero-order chi connectivity index (χ0) is 20.2. The number of carbonyl (C=O) groups is 1. The molecular weight excluding hydrogens is 384 g/mol. The monoisotopic (exact) mass is 414 g/mol. The summed E-state index contributed by atoms with van der Waals surface area (Å²) in [7, 11) is 1.69. The highest BCUT2D eigenvalue weighted by molar-refractivity contribution is 7.99. The molecule has 1 aliphatic heterocycles. The SMILES string of the molecule is CCn1nc(C(=O)N2CCSCC2)c2c1CCC(NCc1cccc(OC)c1)C2. The summed E-state index contributed by atoms with van der Waals surface area (Å²) in [5.74, 6) is 3.04. The molecule has 1 amide bonds. The van der Waals surface area contributed by atoms with Crippen molar-refractivity contribution in [2.75, 3.05) is 31.7 Å². The number of nitrogens with one attached hydrogen (secondary N) is 1. The lowest BCUT2D eigenvalue weighted by atomic mass is 9.91. The molecule has 1 aromatic heterocycles. The Bertz CT molecular complexity index is 860. The van der Waals surface area contributed by atoms with E-state index >= 15 is 0 Å².